The summed E-state index contributed by atoms with van der Waals surface area (Å²) in [6.45, 7) is 20.5. The summed E-state index contributed by atoms with van der Waals surface area (Å²) < 4.78 is 24.5. The molecule has 2 N–H and O–H groups in total. The van der Waals surface area contributed by atoms with E-state index in [1.165, 1.54) is 14.2 Å². The van der Waals surface area contributed by atoms with Crippen LogP contribution in [0.5, 0.6) is 23.0 Å². The summed E-state index contributed by atoms with van der Waals surface area (Å²) in [6, 6.07) is 27.9. The Hall–Kier alpha value is -6.78. The van der Waals surface area contributed by atoms with Crippen LogP contribution in [0, 0.1) is 0 Å². The van der Waals surface area contributed by atoms with E-state index < -0.39 is 0 Å². The Kier molecular flexibility index (Phi) is 24.6. The summed E-state index contributed by atoms with van der Waals surface area (Å²) >= 11 is 0. The van der Waals surface area contributed by atoms with Gasteiger partial charge in [0.05, 0.1) is 48.8 Å². The molecule has 418 valence electrons. The molecule has 16 heteroatoms. The second-order valence-corrected chi connectivity index (χ2v) is 21.0. The fourth-order valence-electron chi connectivity index (χ4n) is 9.22. The molecule has 0 aromatic heterocycles. The normalized spacial score (nSPS) is 15.5. The van der Waals surface area contributed by atoms with Gasteiger partial charge in [0.15, 0.2) is 23.0 Å². The van der Waals surface area contributed by atoms with Crippen LogP contribution < -0.4 is 39.4 Å². The zero-order valence-corrected chi connectivity index (χ0v) is 49.5. The van der Waals surface area contributed by atoms with E-state index in [-0.39, 0.29) is 48.9 Å². The zero-order valence-electron chi connectivity index (χ0n) is 47.9. The van der Waals surface area contributed by atoms with Gasteiger partial charge in [-0.3, -0.25) is 39.0 Å². The Labute approximate surface area is 470 Å². The molecule has 0 aliphatic carbocycles. The predicted octanol–water partition coefficient (Wildman–Crippen LogP) is 14.3. The second-order valence-electron chi connectivity index (χ2n) is 17.8. The summed E-state index contributed by atoms with van der Waals surface area (Å²) in [5.74, 6) is 1.18. The third-order valence-corrected chi connectivity index (χ3v) is 16.4. The van der Waals surface area contributed by atoms with E-state index in [0.717, 1.165) is 46.5 Å². The molecular weight excluding hydrogens is 1020 g/mol. The molecule has 0 spiro atoms. The first-order valence-electron chi connectivity index (χ1n) is 27.6. The molecule has 78 heavy (non-hydrogen) atoms. The molecule has 3 unspecified atom stereocenters. The lowest BCUT2D eigenvalue weighted by Crippen LogP contribution is -2.37. The lowest BCUT2D eigenvalue weighted by molar-refractivity contribution is -0.120. The number of hydrogen-bond donors (Lipinski definition) is 2. The van der Waals surface area contributed by atoms with Gasteiger partial charge in [-0.05, 0) is 84.0 Å². The number of aliphatic imine (C=N–C) groups is 2. The highest BCUT2D eigenvalue weighted by Gasteiger charge is 2.38. The molecule has 5 aromatic carbocycles. The Morgan fingerprint density at radius 1 is 0.603 bits per heavy atom. The number of rotatable bonds is 19. The van der Waals surface area contributed by atoms with Gasteiger partial charge in [0, 0.05) is 84.9 Å². The number of amides is 4. The number of hydrogen-bond acceptors (Lipinski definition) is 12. The molecular formula is C62H80N6O8S2. The van der Waals surface area contributed by atoms with Crippen LogP contribution in [0.1, 0.15) is 144 Å². The molecule has 4 heterocycles. The predicted molar refractivity (Wildman–Crippen MR) is 324 cm³/mol. The molecule has 9 rings (SSSR count). The van der Waals surface area contributed by atoms with Crippen molar-refractivity contribution in [3.8, 4) is 23.0 Å². The first-order valence-corrected chi connectivity index (χ1v) is 29.8. The van der Waals surface area contributed by atoms with Gasteiger partial charge in [-0.2, -0.15) is 0 Å². The molecule has 5 aromatic rings. The maximum atomic E-state index is 14.0. The van der Waals surface area contributed by atoms with Crippen molar-refractivity contribution in [1.29, 1.82) is 0 Å². The van der Waals surface area contributed by atoms with Crippen LogP contribution in [0.3, 0.4) is 0 Å². The maximum Gasteiger partial charge on any atom is 0.261 e. The topological polar surface area (TPSA) is 160 Å². The van der Waals surface area contributed by atoms with Gasteiger partial charge in [-0.1, -0.05) is 127 Å². The largest absolute Gasteiger partial charge is 0.493 e. The van der Waals surface area contributed by atoms with Gasteiger partial charge in [-0.25, -0.2) is 0 Å². The number of methoxy groups -OCH3 is 2. The fourth-order valence-corrected chi connectivity index (χ4v) is 11.8. The minimum absolute atomic E-state index is 0.0482. The summed E-state index contributed by atoms with van der Waals surface area (Å²) in [5.41, 5.74) is 7.79. The molecule has 4 amide bonds. The lowest BCUT2D eigenvalue weighted by Gasteiger charge is -2.22. The van der Waals surface area contributed by atoms with E-state index in [9.17, 15) is 19.2 Å². The van der Waals surface area contributed by atoms with Crippen LogP contribution in [-0.2, 0) is 35.6 Å². The number of para-hydroxylation sites is 2. The van der Waals surface area contributed by atoms with Crippen molar-refractivity contribution in [2.45, 2.75) is 150 Å². The first kappa shape index (κ1) is 62.1. The average molecular weight is 1100 g/mol. The summed E-state index contributed by atoms with van der Waals surface area (Å²) in [7, 11) is 8.30. The quantitative estimate of drug-likeness (QED) is 0.0762. The fraction of sp³-hybridized carbons (Fsp3) is 0.419. The maximum absolute atomic E-state index is 14.0. The van der Waals surface area contributed by atoms with Crippen molar-refractivity contribution in [3.05, 3.63) is 124 Å². The van der Waals surface area contributed by atoms with Crippen molar-refractivity contribution in [2.75, 3.05) is 36.4 Å². The van der Waals surface area contributed by atoms with Gasteiger partial charge in [0.2, 0.25) is 11.8 Å². The molecule has 0 bridgehead atoms. The number of carbonyl (C=O) groups is 4. The standard InChI is InChI=1S/C54H56N6O8S2.4C2H6/c1-32(69-70-33(2)17-18-51(61)55-3)11-10-16-52(62)58-38-20-34(30-67-49-26-43-41(24-47(49)65-4)53(63)59-39(28-56-43)22-36-12-6-8-14-45(36)59)19-35(21-38)31-68-50-27-44-42(25-48(50)66-5)54(64)60-40(29-57-44)23-37-13-7-9-15-46(37)60;4*1-2/h6-9,12-15,19-21,24-29,32-33,39-40H,10-11,16-18,22-23,30-31H2,1-5H3,(H,55,61)(H,58,62);4*1-2H3/t32?,33?,39-,40?;;;;/m0..../s1. The van der Waals surface area contributed by atoms with Gasteiger partial charge in [-0.15, -0.1) is 0 Å². The van der Waals surface area contributed by atoms with Crippen LogP contribution in [0.15, 0.2) is 101 Å². The van der Waals surface area contributed by atoms with E-state index in [1.807, 2.05) is 135 Å². The monoisotopic (exact) mass is 1100 g/mol. The number of nitrogens with zero attached hydrogens (tertiary/aromatic N) is 4. The van der Waals surface area contributed by atoms with E-state index in [2.05, 4.69) is 24.5 Å². The van der Waals surface area contributed by atoms with E-state index in [4.69, 9.17) is 28.9 Å². The van der Waals surface area contributed by atoms with Crippen LogP contribution in [0.2, 0.25) is 0 Å². The second kappa shape index (κ2) is 31.0. The van der Waals surface area contributed by atoms with Crippen LogP contribution in [0.4, 0.5) is 28.4 Å². The number of fused-ring (bicyclic) bond motifs is 8. The Morgan fingerprint density at radius 2 is 1.05 bits per heavy atom. The smallest absolute Gasteiger partial charge is 0.261 e. The van der Waals surface area contributed by atoms with Gasteiger partial charge in [0.1, 0.15) is 13.2 Å². The molecule has 4 aliphatic heterocycles. The van der Waals surface area contributed by atoms with E-state index in [0.29, 0.717) is 93.8 Å². The van der Waals surface area contributed by atoms with Crippen molar-refractivity contribution < 1.29 is 38.1 Å². The highest BCUT2D eigenvalue weighted by Crippen LogP contribution is 2.43. The zero-order chi connectivity index (χ0) is 56.9. The number of benzene rings is 5. The Morgan fingerprint density at radius 3 is 1.50 bits per heavy atom. The Balaban J connectivity index is 0.00000134. The Bertz CT molecular complexity index is 2730. The molecule has 0 saturated heterocycles. The number of carbonyl (C=O) groups excluding carboxylic acids is 4. The summed E-state index contributed by atoms with van der Waals surface area (Å²) in [4.78, 5) is 66.4. The van der Waals surface area contributed by atoms with Gasteiger partial charge < -0.3 is 29.6 Å². The van der Waals surface area contributed by atoms with Crippen LogP contribution >= 0.6 is 21.6 Å². The molecule has 0 fully saturated rings. The average Bonchev–Trinajstić information content (AvgIpc) is 4.05. The molecule has 4 aliphatic rings. The number of anilines is 3. The third kappa shape index (κ3) is 15.3. The number of nitrogens with one attached hydrogen (secondary N) is 2. The van der Waals surface area contributed by atoms with E-state index in [1.54, 1.807) is 62.7 Å². The molecule has 4 atom stereocenters. The molecule has 14 nitrogen and oxygen atoms in total. The summed E-state index contributed by atoms with van der Waals surface area (Å²) in [5, 5.41) is 6.45. The van der Waals surface area contributed by atoms with Crippen molar-refractivity contribution in [3.63, 3.8) is 0 Å². The van der Waals surface area contributed by atoms with Crippen LogP contribution in [0.25, 0.3) is 0 Å². The molecule has 0 saturated carbocycles. The third-order valence-electron chi connectivity index (χ3n) is 12.8. The first-order chi connectivity index (χ1) is 38.0. The van der Waals surface area contributed by atoms with Gasteiger partial charge >= 0.3 is 0 Å². The van der Waals surface area contributed by atoms with Crippen molar-refractivity contribution in [1.82, 2.24) is 5.32 Å². The molecule has 0 radical (unpaired) electrons. The van der Waals surface area contributed by atoms with Crippen molar-refractivity contribution in [2.24, 2.45) is 9.98 Å². The number of ether oxygens (including phenoxy) is 4. The minimum atomic E-state index is -0.203. The van der Waals surface area contributed by atoms with Crippen LogP contribution in [-0.4, -0.2) is 79.9 Å². The van der Waals surface area contributed by atoms with E-state index >= 15 is 0 Å². The van der Waals surface area contributed by atoms with Crippen molar-refractivity contribution >= 4 is 86.1 Å². The highest BCUT2D eigenvalue weighted by molar-refractivity contribution is 8.77. The lowest BCUT2D eigenvalue weighted by atomic mass is 10.1. The summed E-state index contributed by atoms with van der Waals surface area (Å²) in [6.07, 6.45) is 8.20. The minimum Gasteiger partial charge on any atom is -0.493 e. The van der Waals surface area contributed by atoms with Gasteiger partial charge in [0.25, 0.3) is 11.8 Å². The SMILES string of the molecule is CC.CC.CC.CC.CNC(=O)CCC(C)SSC(C)CCCC(=O)Nc1cc(COc2cc3c(cc2OC)C(=O)N2c4ccccc4CC2C=N3)cc(COc2cc3c(cc2OC)C(=O)N2c4ccccc4C[C@H]2C=N3)c1. The highest BCUT2D eigenvalue weighted by atomic mass is 33.1.